The molecule has 13 heteroatoms. The van der Waals surface area contributed by atoms with E-state index in [2.05, 4.69) is 30.1 Å². The van der Waals surface area contributed by atoms with Crippen LogP contribution in [0.1, 0.15) is 34.1 Å². The second-order valence-electron chi connectivity index (χ2n) is 8.07. The maximum absolute atomic E-state index is 13.3. The molecule has 0 spiro atoms. The lowest BCUT2D eigenvalue weighted by atomic mass is 10.1. The van der Waals surface area contributed by atoms with Gasteiger partial charge in [0.05, 0.1) is 0 Å². The van der Waals surface area contributed by atoms with Gasteiger partial charge in [0.2, 0.25) is 5.95 Å². The predicted octanol–water partition coefficient (Wildman–Crippen LogP) is 4.79. The van der Waals surface area contributed by atoms with Crippen molar-refractivity contribution in [3.63, 3.8) is 0 Å². The van der Waals surface area contributed by atoms with E-state index in [-0.39, 0.29) is 22.9 Å². The van der Waals surface area contributed by atoms with Gasteiger partial charge in [-0.05, 0) is 49.2 Å². The summed E-state index contributed by atoms with van der Waals surface area (Å²) in [5.41, 5.74) is 1.37. The average molecular weight is 530 g/mol. The number of alkyl halides is 3. The highest BCUT2D eigenvalue weighted by molar-refractivity contribution is 7.97. The largest absolute Gasteiger partial charge is 0.435 e. The van der Waals surface area contributed by atoms with E-state index in [1.54, 1.807) is 0 Å². The van der Waals surface area contributed by atoms with Crippen LogP contribution in [0.15, 0.2) is 53.7 Å². The number of anilines is 2. The third-order valence-electron chi connectivity index (χ3n) is 5.11. The maximum atomic E-state index is 13.3. The number of pyridine rings is 1. The Morgan fingerprint density at radius 1 is 1.16 bits per heavy atom. The van der Waals surface area contributed by atoms with Crippen LogP contribution in [0, 0.1) is 13.8 Å². The number of aryl methyl sites for hydroxylation is 2. The summed E-state index contributed by atoms with van der Waals surface area (Å²) in [6.07, 6.45) is -0.802. The Balaban J connectivity index is 1.82. The number of H-pyrrole nitrogens is 1. The van der Waals surface area contributed by atoms with E-state index < -0.39 is 23.3 Å². The number of aromatic amines is 1. The van der Waals surface area contributed by atoms with Crippen molar-refractivity contribution in [2.24, 2.45) is 0 Å². The molecule has 0 fully saturated rings. The van der Waals surface area contributed by atoms with Crippen molar-refractivity contribution in [2.45, 2.75) is 26.9 Å². The summed E-state index contributed by atoms with van der Waals surface area (Å²) in [7, 11) is 0. The van der Waals surface area contributed by atoms with Crippen LogP contribution in [-0.4, -0.2) is 36.4 Å². The first-order valence-corrected chi connectivity index (χ1v) is 12.0. The molecule has 0 aliphatic heterocycles. The molecule has 0 aliphatic rings. The van der Waals surface area contributed by atoms with Crippen LogP contribution in [0.5, 0.6) is 0 Å². The Morgan fingerprint density at radius 3 is 2.54 bits per heavy atom. The van der Waals surface area contributed by atoms with E-state index in [1.807, 2.05) is 39.0 Å². The fraction of sp³-hybridized carbons (Fsp3) is 0.208. The van der Waals surface area contributed by atoms with Crippen molar-refractivity contribution >= 4 is 29.5 Å². The van der Waals surface area contributed by atoms with Crippen LogP contribution < -0.4 is 15.6 Å². The molecular weight excluding hydrogens is 507 g/mol. The topological polar surface area (TPSA) is 118 Å². The van der Waals surface area contributed by atoms with Crippen LogP contribution in [0.2, 0.25) is 0 Å². The van der Waals surface area contributed by atoms with Crippen LogP contribution in [0.4, 0.5) is 24.8 Å². The van der Waals surface area contributed by atoms with E-state index in [9.17, 15) is 22.8 Å². The standard InChI is InChI=1S/C24H22F3N7O2S/c1-4-37-33-22(36)17-10-15(11-28-21(17)35)18-12-29-23(30-16-8-13(2)7-14(3)9-16)31-20(18)34-6-5-19(32-34)24(25,26)27/h5-12H,4H2,1-3H3,(H,28,35)(H,33,36)(H,29,30,31). The van der Waals surface area contributed by atoms with Gasteiger partial charge in [0, 0.05) is 41.2 Å². The lowest BCUT2D eigenvalue weighted by molar-refractivity contribution is -0.141. The Labute approximate surface area is 213 Å². The third-order valence-corrected chi connectivity index (χ3v) is 5.73. The van der Waals surface area contributed by atoms with Crippen molar-refractivity contribution in [2.75, 3.05) is 11.1 Å². The number of hydrogen-bond acceptors (Lipinski definition) is 7. The van der Waals surface area contributed by atoms with Gasteiger partial charge in [-0.2, -0.15) is 23.3 Å². The van der Waals surface area contributed by atoms with Gasteiger partial charge in [-0.3, -0.25) is 14.3 Å². The third kappa shape index (κ3) is 6.00. The van der Waals surface area contributed by atoms with Crippen LogP contribution >= 0.6 is 11.9 Å². The quantitative estimate of drug-likeness (QED) is 0.295. The number of carbonyl (C=O) groups excluding carboxylic acids is 1. The van der Waals surface area contributed by atoms with Crippen molar-refractivity contribution in [1.29, 1.82) is 0 Å². The van der Waals surface area contributed by atoms with Gasteiger partial charge < -0.3 is 10.3 Å². The Kier molecular flexibility index (Phi) is 7.34. The highest BCUT2D eigenvalue weighted by atomic mass is 32.2. The van der Waals surface area contributed by atoms with E-state index in [0.717, 1.165) is 40.0 Å². The molecule has 9 nitrogen and oxygen atoms in total. The number of carbonyl (C=O) groups is 1. The second-order valence-corrected chi connectivity index (χ2v) is 9.14. The number of nitrogens with one attached hydrogen (secondary N) is 3. The van der Waals surface area contributed by atoms with Crippen molar-refractivity contribution in [3.05, 3.63) is 81.7 Å². The molecule has 3 N–H and O–H groups in total. The van der Waals surface area contributed by atoms with E-state index in [0.29, 0.717) is 17.0 Å². The fourth-order valence-corrected chi connectivity index (χ4v) is 3.97. The summed E-state index contributed by atoms with van der Waals surface area (Å²) in [5.74, 6) is 0.120. The van der Waals surface area contributed by atoms with E-state index >= 15 is 0 Å². The molecule has 0 atom stereocenters. The lowest BCUT2D eigenvalue weighted by Gasteiger charge is -2.13. The molecule has 1 aromatic carbocycles. The van der Waals surface area contributed by atoms with Gasteiger partial charge in [-0.1, -0.05) is 24.9 Å². The number of halogens is 3. The average Bonchev–Trinajstić information content (AvgIpc) is 3.33. The van der Waals surface area contributed by atoms with Gasteiger partial charge in [0.25, 0.3) is 11.5 Å². The molecule has 4 rings (SSSR count). The van der Waals surface area contributed by atoms with Crippen molar-refractivity contribution in [1.82, 2.24) is 29.5 Å². The minimum atomic E-state index is -4.65. The number of hydrogen-bond donors (Lipinski definition) is 3. The van der Waals surface area contributed by atoms with Crippen LogP contribution in [0.25, 0.3) is 16.9 Å². The highest BCUT2D eigenvalue weighted by Crippen LogP contribution is 2.30. The number of amides is 1. The predicted molar refractivity (Wildman–Crippen MR) is 135 cm³/mol. The molecule has 0 radical (unpaired) electrons. The van der Waals surface area contributed by atoms with Gasteiger partial charge in [-0.25, -0.2) is 9.67 Å². The van der Waals surface area contributed by atoms with Gasteiger partial charge >= 0.3 is 6.18 Å². The maximum Gasteiger partial charge on any atom is 0.435 e. The monoisotopic (exact) mass is 529 g/mol. The molecule has 37 heavy (non-hydrogen) atoms. The number of aromatic nitrogens is 5. The van der Waals surface area contributed by atoms with Crippen molar-refractivity contribution < 1.29 is 18.0 Å². The van der Waals surface area contributed by atoms with Gasteiger partial charge in [-0.15, -0.1) is 0 Å². The minimum absolute atomic E-state index is 0.0127. The Bertz CT molecular complexity index is 1490. The molecular formula is C24H22F3N7O2S. The van der Waals surface area contributed by atoms with E-state index in [4.69, 9.17) is 0 Å². The summed E-state index contributed by atoms with van der Waals surface area (Å²) in [6, 6.07) is 7.90. The zero-order valence-corrected chi connectivity index (χ0v) is 20.8. The summed E-state index contributed by atoms with van der Waals surface area (Å²) < 4.78 is 43.3. The molecule has 0 aliphatic carbocycles. The van der Waals surface area contributed by atoms with Gasteiger partial charge in [0.15, 0.2) is 11.5 Å². The molecule has 0 bridgehead atoms. The van der Waals surface area contributed by atoms with E-state index in [1.165, 1.54) is 18.5 Å². The first kappa shape index (κ1) is 25.9. The molecule has 0 saturated heterocycles. The molecule has 0 unspecified atom stereocenters. The van der Waals surface area contributed by atoms with Gasteiger partial charge in [0.1, 0.15) is 5.56 Å². The summed E-state index contributed by atoms with van der Waals surface area (Å²) >= 11 is 1.13. The molecule has 0 saturated carbocycles. The molecule has 4 aromatic rings. The molecule has 1 amide bonds. The minimum Gasteiger partial charge on any atom is -0.328 e. The van der Waals surface area contributed by atoms with Crippen LogP contribution in [-0.2, 0) is 6.18 Å². The van der Waals surface area contributed by atoms with Crippen LogP contribution in [0.3, 0.4) is 0 Å². The highest BCUT2D eigenvalue weighted by Gasteiger charge is 2.34. The number of benzene rings is 1. The Hall–Kier alpha value is -4.13. The summed E-state index contributed by atoms with van der Waals surface area (Å²) in [6.45, 7) is 5.69. The first-order valence-electron chi connectivity index (χ1n) is 11.1. The van der Waals surface area contributed by atoms with Crippen molar-refractivity contribution in [3.8, 4) is 16.9 Å². The zero-order chi connectivity index (χ0) is 26.7. The summed E-state index contributed by atoms with van der Waals surface area (Å²) in [5, 5.41) is 6.71. The lowest BCUT2D eigenvalue weighted by Crippen LogP contribution is -2.25. The molecule has 192 valence electrons. The number of rotatable bonds is 7. The first-order chi connectivity index (χ1) is 17.5. The SMILES string of the molecule is CCSNC(=O)c1cc(-c2cnc(Nc3cc(C)cc(C)c3)nc2-n2ccc(C(F)(F)F)n2)c[nH]c1=O. The summed E-state index contributed by atoms with van der Waals surface area (Å²) in [4.78, 5) is 36.0. The number of nitrogens with zero attached hydrogens (tertiary/aromatic N) is 4. The fourth-order valence-electron chi connectivity index (χ4n) is 3.58. The zero-order valence-electron chi connectivity index (χ0n) is 20.0. The normalized spacial score (nSPS) is 11.4. The second kappa shape index (κ2) is 10.5. The Morgan fingerprint density at radius 2 is 1.89 bits per heavy atom. The smallest absolute Gasteiger partial charge is 0.328 e. The molecule has 3 heterocycles. The molecule has 3 aromatic heterocycles.